The van der Waals surface area contributed by atoms with Crippen molar-refractivity contribution in [3.05, 3.63) is 28.3 Å². The van der Waals surface area contributed by atoms with Crippen molar-refractivity contribution in [2.75, 3.05) is 26.8 Å². The number of methoxy groups -OCH3 is 1. The highest BCUT2D eigenvalue weighted by molar-refractivity contribution is 6.30. The van der Waals surface area contributed by atoms with Crippen molar-refractivity contribution in [1.82, 2.24) is 5.32 Å². The largest absolute Gasteiger partial charge is 0.496 e. The molecule has 0 aliphatic carbocycles. The fraction of sp³-hybridized carbons (Fsp3) is 0.538. The minimum Gasteiger partial charge on any atom is -0.496 e. The van der Waals surface area contributed by atoms with Crippen LogP contribution in [0.15, 0.2) is 12.1 Å². The number of nitrogens with one attached hydrogen (secondary N) is 1. The third kappa shape index (κ3) is 2.73. The van der Waals surface area contributed by atoms with Crippen molar-refractivity contribution in [3.63, 3.8) is 0 Å². The second-order valence-corrected chi connectivity index (χ2v) is 4.53. The van der Waals surface area contributed by atoms with Crippen molar-refractivity contribution in [3.8, 4) is 5.75 Å². The Morgan fingerprint density at radius 1 is 1.53 bits per heavy atom. The molecule has 1 aromatic carbocycles. The molecule has 1 aliphatic rings. The van der Waals surface area contributed by atoms with Gasteiger partial charge in [0.2, 0.25) is 0 Å². The Bertz CT molecular complexity index is 389. The maximum Gasteiger partial charge on any atom is 0.123 e. The highest BCUT2D eigenvalue weighted by atomic mass is 35.5. The van der Waals surface area contributed by atoms with Crippen LogP contribution in [-0.4, -0.2) is 26.8 Å². The average Bonchev–Trinajstić information content (AvgIpc) is 2.38. The molecular formula is C13H18ClNO2. The molecule has 1 aliphatic heterocycles. The summed E-state index contributed by atoms with van der Waals surface area (Å²) in [5.41, 5.74) is 2.33. The van der Waals surface area contributed by atoms with Gasteiger partial charge in [0.15, 0.2) is 0 Å². The smallest absolute Gasteiger partial charge is 0.123 e. The van der Waals surface area contributed by atoms with E-state index in [2.05, 4.69) is 12.2 Å². The van der Waals surface area contributed by atoms with Gasteiger partial charge >= 0.3 is 0 Å². The van der Waals surface area contributed by atoms with Gasteiger partial charge in [-0.05, 0) is 29.7 Å². The molecular weight excluding hydrogens is 238 g/mol. The molecule has 1 unspecified atom stereocenters. The molecule has 0 bridgehead atoms. The summed E-state index contributed by atoms with van der Waals surface area (Å²) in [5.74, 6) is 0.851. The van der Waals surface area contributed by atoms with Crippen LogP contribution in [0.4, 0.5) is 0 Å². The van der Waals surface area contributed by atoms with Crippen molar-refractivity contribution in [2.24, 2.45) is 0 Å². The fourth-order valence-electron chi connectivity index (χ4n) is 2.24. The van der Waals surface area contributed by atoms with Crippen LogP contribution in [0.3, 0.4) is 0 Å². The Labute approximate surface area is 107 Å². The third-order valence-electron chi connectivity index (χ3n) is 3.06. The van der Waals surface area contributed by atoms with Gasteiger partial charge in [-0.25, -0.2) is 0 Å². The molecule has 0 radical (unpaired) electrons. The minimum absolute atomic E-state index is 0.0753. The first-order valence-electron chi connectivity index (χ1n) is 5.95. The molecule has 0 aromatic heterocycles. The second-order valence-electron chi connectivity index (χ2n) is 4.09. The summed E-state index contributed by atoms with van der Waals surface area (Å²) >= 11 is 6.12. The predicted octanol–water partition coefficient (Wildman–Crippen LogP) is 2.57. The lowest BCUT2D eigenvalue weighted by Gasteiger charge is -2.26. The van der Waals surface area contributed by atoms with E-state index in [-0.39, 0.29) is 6.10 Å². The Balaban J connectivity index is 2.39. The van der Waals surface area contributed by atoms with Crippen LogP contribution in [0, 0.1) is 0 Å². The van der Waals surface area contributed by atoms with E-state index in [1.54, 1.807) is 7.11 Å². The van der Waals surface area contributed by atoms with Crippen LogP contribution in [0.25, 0.3) is 0 Å². The highest BCUT2D eigenvalue weighted by Gasteiger charge is 2.21. The van der Waals surface area contributed by atoms with E-state index in [0.29, 0.717) is 5.02 Å². The quantitative estimate of drug-likeness (QED) is 0.901. The topological polar surface area (TPSA) is 30.5 Å². The molecule has 94 valence electrons. The van der Waals surface area contributed by atoms with E-state index in [0.717, 1.165) is 37.4 Å². The fourth-order valence-corrected chi connectivity index (χ4v) is 2.46. The molecule has 3 nitrogen and oxygen atoms in total. The normalized spacial score (nSPS) is 20.3. The Kier molecular flexibility index (Phi) is 4.26. The lowest BCUT2D eigenvalue weighted by molar-refractivity contribution is 0.0270. The van der Waals surface area contributed by atoms with Gasteiger partial charge in [-0.15, -0.1) is 0 Å². The molecule has 0 saturated carbocycles. The van der Waals surface area contributed by atoms with Gasteiger partial charge in [0.1, 0.15) is 5.75 Å². The molecule has 17 heavy (non-hydrogen) atoms. The van der Waals surface area contributed by atoms with Crippen LogP contribution >= 0.6 is 11.6 Å². The number of rotatable bonds is 3. The molecule has 0 amide bonds. The summed E-state index contributed by atoms with van der Waals surface area (Å²) in [6.07, 6.45) is 0.988. The first-order valence-corrected chi connectivity index (χ1v) is 6.32. The van der Waals surface area contributed by atoms with Gasteiger partial charge < -0.3 is 14.8 Å². The zero-order chi connectivity index (χ0) is 12.3. The molecule has 4 heteroatoms. The standard InChI is InChI=1S/C13H18ClNO2/c1-3-10-11(13-8-15-4-5-17-13)6-9(14)7-12(10)16-2/h6-7,13,15H,3-5,8H2,1-2H3. The van der Waals surface area contributed by atoms with Gasteiger partial charge in [0.25, 0.3) is 0 Å². The lowest BCUT2D eigenvalue weighted by atomic mass is 9.98. The number of hydrogen-bond acceptors (Lipinski definition) is 3. The van der Waals surface area contributed by atoms with Crippen molar-refractivity contribution in [1.29, 1.82) is 0 Å². The first kappa shape index (κ1) is 12.7. The molecule has 1 fully saturated rings. The van der Waals surface area contributed by atoms with Gasteiger partial charge in [-0.1, -0.05) is 18.5 Å². The maximum atomic E-state index is 6.12. The summed E-state index contributed by atoms with van der Waals surface area (Å²) in [5, 5.41) is 4.03. The monoisotopic (exact) mass is 255 g/mol. The summed E-state index contributed by atoms with van der Waals surface area (Å²) in [4.78, 5) is 0. The van der Waals surface area contributed by atoms with Crippen LogP contribution < -0.4 is 10.1 Å². The zero-order valence-corrected chi connectivity index (χ0v) is 11.0. The SMILES string of the molecule is CCc1c(OC)cc(Cl)cc1C1CNCCO1. The van der Waals surface area contributed by atoms with Gasteiger partial charge in [-0.2, -0.15) is 0 Å². The Hall–Kier alpha value is -0.770. The molecule has 1 atom stereocenters. The number of hydrogen-bond donors (Lipinski definition) is 1. The summed E-state index contributed by atoms with van der Waals surface area (Å²) in [7, 11) is 1.68. The van der Waals surface area contributed by atoms with E-state index in [9.17, 15) is 0 Å². The van der Waals surface area contributed by atoms with Crippen LogP contribution in [0.5, 0.6) is 5.75 Å². The molecule has 1 aromatic rings. The van der Waals surface area contributed by atoms with Crippen LogP contribution in [-0.2, 0) is 11.2 Å². The number of halogens is 1. The number of ether oxygens (including phenoxy) is 2. The molecule has 0 spiro atoms. The van der Waals surface area contributed by atoms with Gasteiger partial charge in [0.05, 0.1) is 19.8 Å². The first-order chi connectivity index (χ1) is 8.26. The lowest BCUT2D eigenvalue weighted by Crippen LogP contribution is -2.33. The van der Waals surface area contributed by atoms with Crippen molar-refractivity contribution >= 4 is 11.6 Å². The molecule has 1 saturated heterocycles. The van der Waals surface area contributed by atoms with E-state index in [1.807, 2.05) is 12.1 Å². The van der Waals surface area contributed by atoms with E-state index in [1.165, 1.54) is 5.56 Å². The van der Waals surface area contributed by atoms with Crippen LogP contribution in [0.2, 0.25) is 5.02 Å². The average molecular weight is 256 g/mol. The Morgan fingerprint density at radius 3 is 2.94 bits per heavy atom. The zero-order valence-electron chi connectivity index (χ0n) is 10.3. The van der Waals surface area contributed by atoms with Crippen molar-refractivity contribution < 1.29 is 9.47 Å². The van der Waals surface area contributed by atoms with E-state index < -0.39 is 0 Å². The molecule has 2 rings (SSSR count). The van der Waals surface area contributed by atoms with E-state index in [4.69, 9.17) is 21.1 Å². The minimum atomic E-state index is 0.0753. The van der Waals surface area contributed by atoms with Gasteiger partial charge in [0, 0.05) is 18.1 Å². The number of benzene rings is 1. The highest BCUT2D eigenvalue weighted by Crippen LogP contribution is 2.33. The molecule has 1 N–H and O–H groups in total. The second kappa shape index (κ2) is 5.71. The van der Waals surface area contributed by atoms with Gasteiger partial charge in [-0.3, -0.25) is 0 Å². The summed E-state index contributed by atoms with van der Waals surface area (Å²) in [6.45, 7) is 4.60. The van der Waals surface area contributed by atoms with Crippen molar-refractivity contribution in [2.45, 2.75) is 19.4 Å². The van der Waals surface area contributed by atoms with Crippen LogP contribution in [0.1, 0.15) is 24.2 Å². The number of morpholine rings is 1. The molecule has 1 heterocycles. The third-order valence-corrected chi connectivity index (χ3v) is 3.27. The summed E-state index contributed by atoms with van der Waals surface area (Å²) < 4.78 is 11.2. The van der Waals surface area contributed by atoms with E-state index >= 15 is 0 Å². The maximum absolute atomic E-state index is 6.12. The summed E-state index contributed by atoms with van der Waals surface area (Å²) in [6, 6.07) is 3.85. The predicted molar refractivity (Wildman–Crippen MR) is 68.9 cm³/mol. The Morgan fingerprint density at radius 2 is 2.35 bits per heavy atom.